The molecule has 7 nitrogen and oxygen atoms in total. The van der Waals surface area contributed by atoms with E-state index in [0.717, 1.165) is 33.4 Å². The predicted molar refractivity (Wildman–Crippen MR) is 187 cm³/mol. The van der Waals surface area contributed by atoms with Crippen LogP contribution >= 0.6 is 11.8 Å². The van der Waals surface area contributed by atoms with Gasteiger partial charge in [0, 0.05) is 34.2 Å². The molecule has 1 amide bonds. The summed E-state index contributed by atoms with van der Waals surface area (Å²) < 4.78 is 13.2. The Hall–Kier alpha value is -4.73. The minimum Gasteiger partial charge on any atom is -0.478 e. The van der Waals surface area contributed by atoms with Crippen LogP contribution in [0, 0.1) is 5.92 Å². The van der Waals surface area contributed by atoms with Crippen LogP contribution in [0.25, 0.3) is 11.1 Å². The normalized spacial score (nSPS) is 19.0. The Morgan fingerprint density at radius 3 is 2.17 bits per heavy atom. The summed E-state index contributed by atoms with van der Waals surface area (Å²) in [7, 11) is 0. The molecule has 0 spiro atoms. The molecule has 3 N–H and O–H groups in total. The van der Waals surface area contributed by atoms with Crippen LogP contribution < -0.4 is 5.32 Å². The zero-order valence-corrected chi connectivity index (χ0v) is 27.3. The highest BCUT2D eigenvalue weighted by Crippen LogP contribution is 2.43. The maximum absolute atomic E-state index is 12.7. The fourth-order valence-electron chi connectivity index (χ4n) is 5.89. The number of nitrogens with one attached hydrogen (secondary N) is 1. The summed E-state index contributed by atoms with van der Waals surface area (Å²) in [6.45, 7) is 2.44. The largest absolute Gasteiger partial charge is 0.478 e. The van der Waals surface area contributed by atoms with Crippen molar-refractivity contribution in [2.45, 2.75) is 43.5 Å². The van der Waals surface area contributed by atoms with E-state index in [0.29, 0.717) is 22.8 Å². The van der Waals surface area contributed by atoms with Crippen LogP contribution in [0.15, 0.2) is 132 Å². The number of amides is 1. The molecule has 4 unspecified atom stereocenters. The molecular formula is C40H37NO6S. The Balaban J connectivity index is 1.22. The summed E-state index contributed by atoms with van der Waals surface area (Å²) in [5.74, 6) is -0.584. The number of ether oxygens (including phenoxy) is 2. The summed E-state index contributed by atoms with van der Waals surface area (Å²) in [5, 5.41) is 22.3. The Kier molecular flexibility index (Phi) is 10.7. The van der Waals surface area contributed by atoms with Gasteiger partial charge in [0.05, 0.1) is 24.4 Å². The van der Waals surface area contributed by atoms with Gasteiger partial charge in [0.1, 0.15) is 0 Å². The first-order valence-corrected chi connectivity index (χ1v) is 16.9. The average molecular weight is 660 g/mol. The first-order chi connectivity index (χ1) is 23.4. The number of carboxylic acids is 1. The van der Waals surface area contributed by atoms with Gasteiger partial charge in [-0.2, -0.15) is 0 Å². The zero-order chi connectivity index (χ0) is 33.5. The molecule has 0 saturated carbocycles. The van der Waals surface area contributed by atoms with E-state index < -0.39 is 12.3 Å². The number of thioether (sulfide) groups is 1. The van der Waals surface area contributed by atoms with Crippen molar-refractivity contribution in [2.75, 3.05) is 5.75 Å². The van der Waals surface area contributed by atoms with Gasteiger partial charge in [0.15, 0.2) is 6.29 Å². The lowest BCUT2D eigenvalue weighted by Gasteiger charge is -2.41. The third kappa shape index (κ3) is 7.69. The number of carbonyl (C=O) groups excluding carboxylic acids is 1. The number of carboxylic acid groups (broad SMARTS) is 1. The van der Waals surface area contributed by atoms with E-state index in [9.17, 15) is 19.8 Å². The molecule has 1 aliphatic heterocycles. The molecule has 0 radical (unpaired) electrons. The van der Waals surface area contributed by atoms with Crippen LogP contribution in [-0.4, -0.2) is 33.9 Å². The number of benzene rings is 5. The van der Waals surface area contributed by atoms with Gasteiger partial charge >= 0.3 is 5.97 Å². The zero-order valence-electron chi connectivity index (χ0n) is 26.5. The molecule has 0 aliphatic carbocycles. The van der Waals surface area contributed by atoms with Crippen molar-refractivity contribution in [3.8, 4) is 11.1 Å². The van der Waals surface area contributed by atoms with E-state index in [1.165, 1.54) is 11.8 Å². The van der Waals surface area contributed by atoms with Gasteiger partial charge in [0.2, 0.25) is 0 Å². The van der Waals surface area contributed by atoms with Crippen molar-refractivity contribution >= 4 is 23.6 Å². The van der Waals surface area contributed by atoms with Crippen LogP contribution in [0.4, 0.5) is 0 Å². The molecule has 0 bridgehead atoms. The Labute approximate surface area is 284 Å². The van der Waals surface area contributed by atoms with E-state index in [1.54, 1.807) is 24.3 Å². The SMILES string of the molecule is CC1C(CSc2ccccc2C(=O)O)OC(c2ccc(-c3ccccc3CNC(=O)c3ccccc3)cc2)OC1c1ccc(CO)cc1. The second-order valence-electron chi connectivity index (χ2n) is 11.8. The van der Waals surface area contributed by atoms with Crippen molar-refractivity contribution < 1.29 is 29.3 Å². The van der Waals surface area contributed by atoms with E-state index in [1.807, 2.05) is 103 Å². The lowest BCUT2D eigenvalue weighted by Crippen LogP contribution is -2.38. The molecule has 1 heterocycles. The lowest BCUT2D eigenvalue weighted by atomic mass is 9.91. The number of aromatic carboxylic acids is 1. The molecule has 8 heteroatoms. The van der Waals surface area contributed by atoms with Crippen molar-refractivity contribution in [1.82, 2.24) is 5.32 Å². The van der Waals surface area contributed by atoms with Gasteiger partial charge in [-0.25, -0.2) is 4.79 Å². The molecule has 1 fully saturated rings. The first-order valence-electron chi connectivity index (χ1n) is 15.9. The van der Waals surface area contributed by atoms with Gasteiger partial charge in [-0.15, -0.1) is 11.8 Å². The molecule has 6 rings (SSSR count). The third-order valence-corrected chi connectivity index (χ3v) is 9.79. The highest BCUT2D eigenvalue weighted by Gasteiger charge is 2.38. The number of hydrogen-bond donors (Lipinski definition) is 3. The standard InChI is InChI=1S/C40H37NO6S/c1-26-35(25-48-36-14-8-7-13-34(36)39(44)45)46-40(47-37(26)29-17-15-27(24-42)16-18-29)31-21-19-28(20-22-31)33-12-6-5-11-32(33)23-41-38(43)30-9-3-2-4-10-30/h2-22,26,35,37,40,42H,23-25H2,1H3,(H,41,43)(H,44,45). The van der Waals surface area contributed by atoms with Crippen LogP contribution in [0.5, 0.6) is 0 Å². The monoisotopic (exact) mass is 659 g/mol. The maximum atomic E-state index is 12.7. The minimum absolute atomic E-state index is 0.0375. The van der Waals surface area contributed by atoms with Crippen LogP contribution in [0.3, 0.4) is 0 Å². The number of rotatable bonds is 11. The average Bonchev–Trinajstić information content (AvgIpc) is 3.14. The second-order valence-corrected chi connectivity index (χ2v) is 12.8. The lowest BCUT2D eigenvalue weighted by molar-refractivity contribution is -0.268. The van der Waals surface area contributed by atoms with Gasteiger partial charge < -0.3 is 25.0 Å². The molecule has 5 aromatic rings. The number of aliphatic hydroxyl groups is 1. The fourth-order valence-corrected chi connectivity index (χ4v) is 7.11. The maximum Gasteiger partial charge on any atom is 0.336 e. The van der Waals surface area contributed by atoms with Crippen LogP contribution in [0.1, 0.15) is 62.3 Å². The Morgan fingerprint density at radius 2 is 1.44 bits per heavy atom. The van der Waals surface area contributed by atoms with Gasteiger partial charge in [-0.05, 0) is 52.1 Å². The minimum atomic E-state index is -0.959. The topological polar surface area (TPSA) is 105 Å². The van der Waals surface area contributed by atoms with Crippen molar-refractivity contribution in [3.63, 3.8) is 0 Å². The van der Waals surface area contributed by atoms with Crippen molar-refractivity contribution in [3.05, 3.63) is 161 Å². The number of aliphatic hydroxyl groups excluding tert-OH is 1. The highest BCUT2D eigenvalue weighted by molar-refractivity contribution is 7.99. The molecule has 48 heavy (non-hydrogen) atoms. The van der Waals surface area contributed by atoms with Gasteiger partial charge in [-0.1, -0.05) is 110 Å². The van der Waals surface area contributed by atoms with E-state index in [4.69, 9.17) is 9.47 Å². The smallest absolute Gasteiger partial charge is 0.336 e. The summed E-state index contributed by atoms with van der Waals surface area (Å²) >= 11 is 1.47. The van der Waals surface area contributed by atoms with E-state index in [2.05, 4.69) is 12.2 Å². The first kappa shape index (κ1) is 33.2. The number of carbonyl (C=O) groups is 2. The van der Waals surface area contributed by atoms with Crippen molar-refractivity contribution in [1.29, 1.82) is 0 Å². The van der Waals surface area contributed by atoms with Crippen molar-refractivity contribution in [2.24, 2.45) is 5.92 Å². The summed E-state index contributed by atoms with van der Waals surface area (Å²) in [4.78, 5) is 25.2. The summed E-state index contributed by atoms with van der Waals surface area (Å²) in [5.41, 5.74) is 6.57. The van der Waals surface area contributed by atoms with E-state index >= 15 is 0 Å². The van der Waals surface area contributed by atoms with Gasteiger partial charge in [0.25, 0.3) is 5.91 Å². The highest BCUT2D eigenvalue weighted by atomic mass is 32.2. The van der Waals surface area contributed by atoms with Gasteiger partial charge in [-0.3, -0.25) is 4.79 Å². The fraction of sp³-hybridized carbons (Fsp3) is 0.200. The second kappa shape index (κ2) is 15.4. The molecule has 1 saturated heterocycles. The molecule has 244 valence electrons. The molecule has 0 aromatic heterocycles. The van der Waals surface area contributed by atoms with E-state index in [-0.39, 0.29) is 36.2 Å². The summed E-state index contributed by atoms with van der Waals surface area (Å²) in [6.07, 6.45) is -1.18. The molecule has 5 aromatic carbocycles. The summed E-state index contributed by atoms with van der Waals surface area (Å²) in [6, 6.07) is 40.0. The molecular weight excluding hydrogens is 623 g/mol. The number of hydrogen-bond acceptors (Lipinski definition) is 6. The molecule has 4 atom stereocenters. The predicted octanol–water partition coefficient (Wildman–Crippen LogP) is 8.06. The van der Waals surface area contributed by atoms with Crippen LogP contribution in [-0.2, 0) is 22.6 Å². The Morgan fingerprint density at radius 1 is 0.771 bits per heavy atom. The quantitative estimate of drug-likeness (QED) is 0.123. The molecule has 1 aliphatic rings. The third-order valence-electron chi connectivity index (χ3n) is 8.63. The van der Waals surface area contributed by atoms with Crippen LogP contribution in [0.2, 0.25) is 0 Å². The Bertz CT molecular complexity index is 1840.